The maximum atomic E-state index is 13.8. The smallest absolute Gasteiger partial charge is 0.221 e. The molecule has 150 valence electrons. The van der Waals surface area contributed by atoms with Gasteiger partial charge in [0, 0.05) is 5.56 Å². The first-order chi connectivity index (χ1) is 13.7. The molecule has 2 nitrogen and oxygen atoms in total. The van der Waals surface area contributed by atoms with Crippen LogP contribution in [0.1, 0.15) is 34.2 Å². The van der Waals surface area contributed by atoms with Gasteiger partial charge in [0.25, 0.3) is 0 Å². The summed E-state index contributed by atoms with van der Waals surface area (Å²) in [7, 11) is 0. The molecule has 2 aromatic carbocycles. The highest BCUT2D eigenvalue weighted by Gasteiger charge is 2.35. The topological polar surface area (TPSA) is 17.8 Å². The van der Waals surface area contributed by atoms with Gasteiger partial charge in [-0.2, -0.15) is 18.3 Å². The molecule has 0 N–H and O–H groups in total. The van der Waals surface area contributed by atoms with Crippen molar-refractivity contribution in [1.82, 2.24) is 9.78 Å². The van der Waals surface area contributed by atoms with E-state index in [0.29, 0.717) is 33.4 Å². The first-order valence-corrected chi connectivity index (χ1v) is 9.67. The van der Waals surface area contributed by atoms with Crippen LogP contribution in [-0.4, -0.2) is 9.78 Å². The average molecular weight is 418 g/mol. The number of fused-ring (bicyclic) bond motifs is 1. The van der Waals surface area contributed by atoms with Gasteiger partial charge >= 0.3 is 6.18 Å². The van der Waals surface area contributed by atoms with Crippen LogP contribution in [0.2, 0.25) is 0 Å². The van der Waals surface area contributed by atoms with Crippen molar-refractivity contribution in [1.29, 1.82) is 0 Å². The summed E-state index contributed by atoms with van der Waals surface area (Å²) in [5.41, 5.74) is 3.28. The van der Waals surface area contributed by atoms with Crippen molar-refractivity contribution in [3.63, 3.8) is 0 Å². The fourth-order valence-corrected chi connectivity index (χ4v) is 4.18. The molecule has 0 saturated heterocycles. The Hall–Kier alpha value is -2.54. The van der Waals surface area contributed by atoms with E-state index in [1.165, 1.54) is 22.9 Å². The van der Waals surface area contributed by atoms with Crippen LogP contribution in [0.4, 0.5) is 17.6 Å². The van der Waals surface area contributed by atoms with E-state index in [-0.39, 0.29) is 11.5 Å². The molecule has 0 unspecified atom stereocenters. The molecule has 0 spiro atoms. The third kappa shape index (κ3) is 3.48. The minimum absolute atomic E-state index is 0.0858. The minimum atomic E-state index is -4.54. The number of hydrogen-bond acceptors (Lipinski definition) is 2. The summed E-state index contributed by atoms with van der Waals surface area (Å²) in [4.78, 5) is 0. The van der Waals surface area contributed by atoms with E-state index in [4.69, 9.17) is 12.2 Å². The Morgan fingerprint density at radius 2 is 1.72 bits per heavy atom. The summed E-state index contributed by atoms with van der Waals surface area (Å²) in [6.07, 6.45) is -2.24. The molecule has 0 atom stereocenters. The molecule has 1 aromatic heterocycles. The standard InChI is InChI=1S/C22H18F4N2S/c1-12-6-8-17(22(24,25)26)19(10-12)28-21(29)16-5-3-4-15(16)20(27-28)14-7-9-18(23)13(2)11-14/h6-11H,3-5H2,1-2H3. The number of hydrogen-bond donors (Lipinski definition) is 0. The van der Waals surface area contributed by atoms with Crippen LogP contribution in [0.25, 0.3) is 16.9 Å². The van der Waals surface area contributed by atoms with Crippen molar-refractivity contribution in [2.75, 3.05) is 0 Å². The molecule has 4 rings (SSSR count). The van der Waals surface area contributed by atoms with Gasteiger partial charge in [0.15, 0.2) is 0 Å². The van der Waals surface area contributed by atoms with E-state index in [2.05, 4.69) is 5.10 Å². The Labute approximate surface area is 170 Å². The lowest BCUT2D eigenvalue weighted by molar-refractivity contribution is -0.137. The second-order valence-corrected chi connectivity index (χ2v) is 7.75. The average Bonchev–Trinajstić information content (AvgIpc) is 3.14. The molecule has 0 fully saturated rings. The molecule has 7 heteroatoms. The summed E-state index contributed by atoms with van der Waals surface area (Å²) >= 11 is 5.56. The Bertz CT molecular complexity index is 1180. The van der Waals surface area contributed by atoms with Crippen molar-refractivity contribution in [2.24, 2.45) is 0 Å². The molecule has 1 aliphatic rings. The predicted octanol–water partition coefficient (Wildman–Crippen LogP) is 6.53. The SMILES string of the molecule is Cc1ccc(C(F)(F)F)c(-n2nc(-c3ccc(F)c(C)c3)c3c(c2=S)CCC3)c1. The van der Waals surface area contributed by atoms with E-state index in [9.17, 15) is 17.6 Å². The van der Waals surface area contributed by atoms with Gasteiger partial charge in [-0.3, -0.25) is 0 Å². The highest BCUT2D eigenvalue weighted by molar-refractivity contribution is 7.71. The van der Waals surface area contributed by atoms with Crippen LogP contribution in [0.3, 0.4) is 0 Å². The Morgan fingerprint density at radius 3 is 2.41 bits per heavy atom. The third-order valence-corrected chi connectivity index (χ3v) is 5.69. The molecule has 1 aliphatic carbocycles. The lowest BCUT2D eigenvalue weighted by Crippen LogP contribution is -2.15. The molecule has 0 bridgehead atoms. The molecular weight excluding hydrogens is 400 g/mol. The Kier molecular flexibility index (Phi) is 4.81. The summed E-state index contributed by atoms with van der Waals surface area (Å²) in [5, 5.41) is 4.56. The van der Waals surface area contributed by atoms with Crippen LogP contribution in [0.15, 0.2) is 36.4 Å². The Balaban J connectivity index is 2.04. The van der Waals surface area contributed by atoms with Crippen molar-refractivity contribution in [3.8, 4) is 16.9 Å². The zero-order valence-corrected chi connectivity index (χ0v) is 16.7. The van der Waals surface area contributed by atoms with E-state index in [1.54, 1.807) is 26.0 Å². The van der Waals surface area contributed by atoms with Crippen molar-refractivity contribution >= 4 is 12.2 Å². The van der Waals surface area contributed by atoms with Crippen LogP contribution >= 0.6 is 12.2 Å². The molecule has 3 aromatic rings. The van der Waals surface area contributed by atoms with E-state index >= 15 is 0 Å². The first kappa shape index (κ1) is 19.8. The number of alkyl halides is 3. The van der Waals surface area contributed by atoms with Gasteiger partial charge in [0.1, 0.15) is 10.5 Å². The zero-order valence-electron chi connectivity index (χ0n) is 15.9. The lowest BCUT2D eigenvalue weighted by Gasteiger charge is -2.18. The van der Waals surface area contributed by atoms with Crippen LogP contribution in [0.5, 0.6) is 0 Å². The molecule has 0 aliphatic heterocycles. The zero-order chi connectivity index (χ0) is 20.9. The van der Waals surface area contributed by atoms with E-state index < -0.39 is 11.7 Å². The maximum Gasteiger partial charge on any atom is 0.418 e. The fourth-order valence-electron chi connectivity index (χ4n) is 3.82. The first-order valence-electron chi connectivity index (χ1n) is 9.26. The van der Waals surface area contributed by atoms with E-state index in [1.807, 2.05) is 0 Å². The summed E-state index contributed by atoms with van der Waals surface area (Å²) in [6, 6.07) is 8.57. The third-order valence-electron chi connectivity index (χ3n) is 5.27. The molecular formula is C22H18F4N2S. The van der Waals surface area contributed by atoms with Gasteiger partial charge in [-0.05, 0) is 85.7 Å². The normalized spacial score (nSPS) is 13.6. The highest BCUT2D eigenvalue weighted by atomic mass is 32.1. The number of benzene rings is 2. The molecule has 0 radical (unpaired) electrons. The van der Waals surface area contributed by atoms with Gasteiger partial charge in [0.05, 0.1) is 16.9 Å². The summed E-state index contributed by atoms with van der Waals surface area (Å²) in [5.74, 6) is -0.337. The lowest BCUT2D eigenvalue weighted by atomic mass is 10.0. The predicted molar refractivity (Wildman–Crippen MR) is 106 cm³/mol. The van der Waals surface area contributed by atoms with Crippen molar-refractivity contribution in [3.05, 3.63) is 74.7 Å². The molecule has 29 heavy (non-hydrogen) atoms. The second kappa shape index (κ2) is 7.06. The largest absolute Gasteiger partial charge is 0.418 e. The number of aromatic nitrogens is 2. The maximum absolute atomic E-state index is 13.8. The van der Waals surface area contributed by atoms with Crippen molar-refractivity contribution in [2.45, 2.75) is 39.3 Å². The Morgan fingerprint density at radius 1 is 1.00 bits per heavy atom. The second-order valence-electron chi connectivity index (χ2n) is 7.36. The number of nitrogens with zero attached hydrogens (tertiary/aromatic N) is 2. The fraction of sp³-hybridized carbons (Fsp3) is 0.273. The van der Waals surface area contributed by atoms with Gasteiger partial charge in [-0.25, -0.2) is 9.07 Å². The monoisotopic (exact) mass is 418 g/mol. The number of rotatable bonds is 2. The van der Waals surface area contributed by atoms with Gasteiger partial charge < -0.3 is 0 Å². The molecule has 0 amide bonds. The van der Waals surface area contributed by atoms with E-state index in [0.717, 1.165) is 30.0 Å². The van der Waals surface area contributed by atoms with Crippen LogP contribution in [-0.2, 0) is 19.0 Å². The number of halogens is 4. The molecule has 1 heterocycles. The number of aryl methyl sites for hydroxylation is 2. The van der Waals surface area contributed by atoms with Crippen LogP contribution in [0, 0.1) is 24.3 Å². The van der Waals surface area contributed by atoms with Gasteiger partial charge in [0.2, 0.25) is 0 Å². The highest BCUT2D eigenvalue weighted by Crippen LogP contribution is 2.37. The summed E-state index contributed by atoms with van der Waals surface area (Å²) < 4.78 is 56.3. The quantitative estimate of drug-likeness (QED) is 0.348. The summed E-state index contributed by atoms with van der Waals surface area (Å²) in [6.45, 7) is 3.38. The van der Waals surface area contributed by atoms with Crippen LogP contribution < -0.4 is 0 Å². The van der Waals surface area contributed by atoms with Gasteiger partial charge in [-0.15, -0.1) is 0 Å². The van der Waals surface area contributed by atoms with Crippen molar-refractivity contribution < 1.29 is 17.6 Å². The molecule has 0 saturated carbocycles. The minimum Gasteiger partial charge on any atom is -0.221 e. The van der Waals surface area contributed by atoms with Gasteiger partial charge in [-0.1, -0.05) is 18.3 Å².